The maximum absolute atomic E-state index is 14.7. The first-order valence-corrected chi connectivity index (χ1v) is 10.5. The van der Waals surface area contributed by atoms with E-state index in [0.29, 0.717) is 51.5 Å². The van der Waals surface area contributed by atoms with Gasteiger partial charge in [-0.25, -0.2) is 19.3 Å². The summed E-state index contributed by atoms with van der Waals surface area (Å²) in [5, 5.41) is 8.16. The molecule has 6 rings (SSSR count). The van der Waals surface area contributed by atoms with Gasteiger partial charge in [-0.2, -0.15) is 5.10 Å². The quantitative estimate of drug-likeness (QED) is 0.630. The number of nitrogens with one attached hydrogen (secondary N) is 1. The molecule has 9 heteroatoms. The van der Waals surface area contributed by atoms with Crippen molar-refractivity contribution in [1.29, 1.82) is 0 Å². The van der Waals surface area contributed by atoms with Crippen LogP contribution in [0.1, 0.15) is 31.4 Å². The van der Waals surface area contributed by atoms with Crippen molar-refractivity contribution in [2.24, 2.45) is 23.7 Å². The Morgan fingerprint density at radius 1 is 1.23 bits per heavy atom. The van der Waals surface area contributed by atoms with Crippen LogP contribution in [0.15, 0.2) is 18.5 Å². The molecule has 0 aliphatic heterocycles. The second kappa shape index (κ2) is 7.58. The Hall–Kier alpha value is -2.61. The van der Waals surface area contributed by atoms with Crippen LogP contribution in [0.5, 0.6) is 0 Å². The van der Waals surface area contributed by atoms with E-state index in [4.69, 9.17) is 16.3 Å². The van der Waals surface area contributed by atoms with Gasteiger partial charge in [0.2, 0.25) is 0 Å². The lowest BCUT2D eigenvalue weighted by molar-refractivity contribution is -0.156. The van der Waals surface area contributed by atoms with Crippen molar-refractivity contribution in [3.8, 4) is 11.5 Å². The van der Waals surface area contributed by atoms with E-state index < -0.39 is 5.82 Å². The van der Waals surface area contributed by atoms with Crippen LogP contribution in [0, 0.1) is 29.5 Å². The summed E-state index contributed by atoms with van der Waals surface area (Å²) in [6.07, 6.45) is 7.27. The number of rotatable bonds is 4. The number of hydrogen-bond acceptors (Lipinski definition) is 6. The third-order valence-electron chi connectivity index (χ3n) is 6.71. The summed E-state index contributed by atoms with van der Waals surface area (Å²) in [4.78, 5) is 25.3. The van der Waals surface area contributed by atoms with Crippen molar-refractivity contribution in [2.45, 2.75) is 32.1 Å². The van der Waals surface area contributed by atoms with Gasteiger partial charge < -0.3 is 4.74 Å². The van der Waals surface area contributed by atoms with E-state index in [9.17, 15) is 9.18 Å². The molecular formula is C21H21ClFN5O2. The van der Waals surface area contributed by atoms with Gasteiger partial charge in [0.1, 0.15) is 5.69 Å². The number of aromatic amines is 1. The number of esters is 1. The Kier molecular flexibility index (Phi) is 4.89. The van der Waals surface area contributed by atoms with E-state index >= 15 is 0 Å². The highest BCUT2D eigenvalue weighted by molar-refractivity contribution is 6.31. The number of carbonyl (C=O) groups excluding carboxylic acids is 1. The zero-order valence-electron chi connectivity index (χ0n) is 16.4. The fourth-order valence-electron chi connectivity index (χ4n) is 5.31. The van der Waals surface area contributed by atoms with Gasteiger partial charge in [0.15, 0.2) is 17.3 Å². The second-order valence-corrected chi connectivity index (χ2v) is 8.64. The van der Waals surface area contributed by atoms with Crippen molar-refractivity contribution in [1.82, 2.24) is 25.1 Å². The van der Waals surface area contributed by atoms with E-state index in [1.807, 2.05) is 0 Å². The zero-order chi connectivity index (χ0) is 20.8. The van der Waals surface area contributed by atoms with Gasteiger partial charge >= 0.3 is 5.97 Å². The lowest BCUT2D eigenvalue weighted by atomic mass is 9.57. The molecule has 3 heterocycles. The average Bonchev–Trinajstić information content (AvgIpc) is 3.18. The zero-order valence-corrected chi connectivity index (χ0v) is 17.2. The van der Waals surface area contributed by atoms with Crippen LogP contribution < -0.4 is 0 Å². The number of halogens is 2. The van der Waals surface area contributed by atoms with Crippen LogP contribution in [-0.2, 0) is 16.0 Å². The standard InChI is InChI=1S/C21H21ClFN5O2/c1-30-21(29)17-11-4-2-10(3-5-11)13(17)7-16-15(23)9-25-20(26-16)18-14-6-12(22)8-24-19(14)28-27-18/h6,8-11,13,17H,2-5,7H2,1H3,(H,24,27,28)/t10?,11?,13-,17-/m1/s1. The van der Waals surface area contributed by atoms with Gasteiger partial charge in [0.25, 0.3) is 0 Å². The highest BCUT2D eigenvalue weighted by atomic mass is 35.5. The van der Waals surface area contributed by atoms with Gasteiger partial charge in [-0.3, -0.25) is 9.89 Å². The van der Waals surface area contributed by atoms with Crippen LogP contribution in [0.2, 0.25) is 5.02 Å². The first kappa shape index (κ1) is 19.4. The monoisotopic (exact) mass is 429 g/mol. The molecule has 7 nitrogen and oxygen atoms in total. The molecule has 3 fully saturated rings. The lowest BCUT2D eigenvalue weighted by Gasteiger charge is -2.47. The summed E-state index contributed by atoms with van der Waals surface area (Å²) in [5.74, 6) is 0.185. The van der Waals surface area contributed by atoms with E-state index in [1.165, 1.54) is 19.5 Å². The first-order valence-electron chi connectivity index (χ1n) is 10.1. The molecule has 2 bridgehead atoms. The van der Waals surface area contributed by atoms with Crippen molar-refractivity contribution >= 4 is 28.6 Å². The van der Waals surface area contributed by atoms with Gasteiger partial charge in [0.05, 0.1) is 35.3 Å². The Morgan fingerprint density at radius 3 is 2.77 bits per heavy atom. The summed E-state index contributed by atoms with van der Waals surface area (Å²) in [6, 6.07) is 1.72. The van der Waals surface area contributed by atoms with Gasteiger partial charge in [-0.05, 0) is 55.9 Å². The highest BCUT2D eigenvalue weighted by Gasteiger charge is 2.47. The minimum atomic E-state index is -0.469. The molecule has 0 unspecified atom stereocenters. The molecule has 3 saturated carbocycles. The maximum atomic E-state index is 14.7. The molecule has 0 spiro atoms. The van der Waals surface area contributed by atoms with Crippen LogP contribution in [0.4, 0.5) is 4.39 Å². The molecule has 156 valence electrons. The largest absolute Gasteiger partial charge is 0.469 e. The third-order valence-corrected chi connectivity index (χ3v) is 6.92. The number of fused-ring (bicyclic) bond motifs is 4. The maximum Gasteiger partial charge on any atom is 0.309 e. The molecule has 0 amide bonds. The number of carbonyl (C=O) groups is 1. The smallest absolute Gasteiger partial charge is 0.309 e. The molecule has 2 atom stereocenters. The number of H-pyrrole nitrogens is 1. The van der Waals surface area contributed by atoms with Crippen LogP contribution in [0.25, 0.3) is 22.6 Å². The molecule has 0 saturated heterocycles. The molecule has 0 radical (unpaired) electrons. The predicted molar refractivity (Wildman–Crippen MR) is 108 cm³/mol. The normalized spacial score (nSPS) is 25.6. The lowest BCUT2D eigenvalue weighted by Crippen LogP contribution is -2.45. The molecule has 1 N–H and O–H groups in total. The molecule has 30 heavy (non-hydrogen) atoms. The summed E-state index contributed by atoms with van der Waals surface area (Å²) in [6.45, 7) is 0. The Labute approximate surface area is 177 Å². The van der Waals surface area contributed by atoms with E-state index in [-0.39, 0.29) is 17.8 Å². The minimum Gasteiger partial charge on any atom is -0.469 e. The second-order valence-electron chi connectivity index (χ2n) is 8.20. The number of nitrogens with zero attached hydrogens (tertiary/aromatic N) is 4. The number of pyridine rings is 1. The Morgan fingerprint density at radius 2 is 2.00 bits per heavy atom. The molecule has 3 aliphatic carbocycles. The molecule has 0 aromatic carbocycles. The van der Waals surface area contributed by atoms with Gasteiger partial charge in [0, 0.05) is 6.20 Å². The molecule has 3 aromatic rings. The average molecular weight is 430 g/mol. The van der Waals surface area contributed by atoms with Gasteiger partial charge in [-0.1, -0.05) is 11.6 Å². The van der Waals surface area contributed by atoms with E-state index in [2.05, 4.69) is 25.1 Å². The number of aromatic nitrogens is 5. The minimum absolute atomic E-state index is 0.0248. The fourth-order valence-corrected chi connectivity index (χ4v) is 5.46. The van der Waals surface area contributed by atoms with Crippen LogP contribution in [-0.4, -0.2) is 38.2 Å². The van der Waals surface area contributed by atoms with Crippen LogP contribution >= 0.6 is 11.6 Å². The summed E-state index contributed by atoms with van der Waals surface area (Å²) >= 11 is 6.07. The Bertz CT molecular complexity index is 1110. The van der Waals surface area contributed by atoms with Gasteiger partial charge in [-0.15, -0.1) is 0 Å². The van der Waals surface area contributed by atoms with Crippen molar-refractivity contribution in [3.05, 3.63) is 35.0 Å². The van der Waals surface area contributed by atoms with E-state index in [1.54, 1.807) is 6.07 Å². The number of hydrogen-bond donors (Lipinski definition) is 1. The summed E-state index contributed by atoms with van der Waals surface area (Å²) in [7, 11) is 1.42. The fraction of sp³-hybridized carbons (Fsp3) is 0.476. The first-order chi connectivity index (χ1) is 14.5. The SMILES string of the molecule is COC(=O)[C@@H]1C2CCC(CC2)[C@H]1Cc1nc(-c2[nH]nc3ncc(Cl)cc23)ncc1F. The summed E-state index contributed by atoms with van der Waals surface area (Å²) < 4.78 is 19.8. The van der Waals surface area contributed by atoms with Crippen molar-refractivity contribution in [2.75, 3.05) is 7.11 Å². The summed E-state index contributed by atoms with van der Waals surface area (Å²) in [5.41, 5.74) is 1.33. The Balaban J connectivity index is 1.50. The molecule has 3 aliphatic rings. The van der Waals surface area contributed by atoms with E-state index in [0.717, 1.165) is 25.7 Å². The molecular weight excluding hydrogens is 409 g/mol. The highest BCUT2D eigenvalue weighted by Crippen LogP contribution is 2.50. The number of ether oxygens (including phenoxy) is 1. The predicted octanol–water partition coefficient (Wildman–Crippen LogP) is 3.98. The third kappa shape index (κ3) is 3.23. The molecule has 3 aromatic heterocycles. The topological polar surface area (TPSA) is 93.7 Å². The van der Waals surface area contributed by atoms with Crippen molar-refractivity contribution in [3.63, 3.8) is 0 Å². The van der Waals surface area contributed by atoms with Crippen molar-refractivity contribution < 1.29 is 13.9 Å². The van der Waals surface area contributed by atoms with Crippen LogP contribution in [0.3, 0.4) is 0 Å². The number of methoxy groups -OCH3 is 1.